The molecule has 1 saturated carbocycles. The predicted octanol–water partition coefficient (Wildman–Crippen LogP) is 5.88. The predicted molar refractivity (Wildman–Crippen MR) is 95.3 cm³/mol. The van der Waals surface area contributed by atoms with Crippen LogP contribution in [0.2, 0.25) is 0 Å². The Bertz CT molecular complexity index is 453. The molecule has 1 heteroatoms. The van der Waals surface area contributed by atoms with Crippen LogP contribution < -0.4 is 0 Å². The van der Waals surface area contributed by atoms with Crippen molar-refractivity contribution in [1.82, 2.24) is 0 Å². The quantitative estimate of drug-likeness (QED) is 0.666. The van der Waals surface area contributed by atoms with Crippen LogP contribution in [-0.2, 0) is 0 Å². The van der Waals surface area contributed by atoms with E-state index in [9.17, 15) is 5.11 Å². The average molecular weight is 303 g/mol. The fourth-order valence-corrected chi connectivity index (χ4v) is 4.22. The Morgan fingerprint density at radius 3 is 2.36 bits per heavy atom. The molecule has 1 N–H and O–H groups in total. The Labute approximate surface area is 137 Å². The van der Waals surface area contributed by atoms with Gasteiger partial charge in [0.2, 0.25) is 0 Å². The molecule has 1 fully saturated rings. The molecule has 1 aliphatic rings. The molecule has 0 bridgehead atoms. The van der Waals surface area contributed by atoms with E-state index in [0.717, 1.165) is 6.42 Å². The first-order valence-corrected chi connectivity index (χ1v) is 9.35. The van der Waals surface area contributed by atoms with E-state index in [-0.39, 0.29) is 6.10 Å². The highest BCUT2D eigenvalue weighted by Crippen LogP contribution is 2.41. The van der Waals surface area contributed by atoms with E-state index in [1.165, 1.54) is 32.1 Å². The largest absolute Gasteiger partial charge is 0.393 e. The Morgan fingerprint density at radius 1 is 1.14 bits per heavy atom. The lowest BCUT2D eigenvalue weighted by Crippen LogP contribution is -2.18. The van der Waals surface area contributed by atoms with Gasteiger partial charge in [0.15, 0.2) is 0 Å². The van der Waals surface area contributed by atoms with Crippen molar-refractivity contribution in [1.29, 1.82) is 0 Å². The van der Waals surface area contributed by atoms with Crippen LogP contribution in [-0.4, -0.2) is 11.2 Å². The lowest BCUT2D eigenvalue weighted by Gasteiger charge is -2.27. The summed E-state index contributed by atoms with van der Waals surface area (Å²) in [7, 11) is 0. The van der Waals surface area contributed by atoms with Gasteiger partial charge in [-0.05, 0) is 66.9 Å². The molecule has 0 heterocycles. The monoisotopic (exact) mass is 302 g/mol. The van der Waals surface area contributed by atoms with Gasteiger partial charge in [-0.2, -0.15) is 0 Å². The van der Waals surface area contributed by atoms with Gasteiger partial charge in [-0.25, -0.2) is 0 Å². The van der Waals surface area contributed by atoms with E-state index >= 15 is 0 Å². The van der Waals surface area contributed by atoms with Crippen molar-refractivity contribution < 1.29 is 5.11 Å². The van der Waals surface area contributed by atoms with Gasteiger partial charge >= 0.3 is 0 Å². The minimum Gasteiger partial charge on any atom is -0.393 e. The molecule has 1 aromatic rings. The third-order valence-corrected chi connectivity index (χ3v) is 5.99. The summed E-state index contributed by atoms with van der Waals surface area (Å²) in [5.41, 5.74) is 3.13. The number of hydrogen-bond acceptors (Lipinski definition) is 1. The van der Waals surface area contributed by atoms with Gasteiger partial charge in [-0.3, -0.25) is 0 Å². The van der Waals surface area contributed by atoms with Gasteiger partial charge in [0.25, 0.3) is 0 Å². The minimum atomic E-state index is -0.0721. The molecule has 22 heavy (non-hydrogen) atoms. The molecule has 0 saturated heterocycles. The van der Waals surface area contributed by atoms with Gasteiger partial charge in [0, 0.05) is 0 Å². The molecule has 5 atom stereocenters. The van der Waals surface area contributed by atoms with E-state index < -0.39 is 0 Å². The number of benzene rings is 1. The highest BCUT2D eigenvalue weighted by Gasteiger charge is 2.33. The SMILES string of the molecule is CCCC(CC1CC[C@H](O)[C@@H]1C)c1ccccc1[C@H](C)CC. The molecular formula is C21H34O. The maximum Gasteiger partial charge on any atom is 0.0568 e. The first-order chi connectivity index (χ1) is 10.6. The molecule has 0 aromatic heterocycles. The third-order valence-electron chi connectivity index (χ3n) is 5.99. The smallest absolute Gasteiger partial charge is 0.0568 e. The summed E-state index contributed by atoms with van der Waals surface area (Å²) in [5.74, 6) is 2.46. The third kappa shape index (κ3) is 3.93. The van der Waals surface area contributed by atoms with Crippen molar-refractivity contribution >= 4 is 0 Å². The zero-order chi connectivity index (χ0) is 16.1. The summed E-state index contributed by atoms with van der Waals surface area (Å²) < 4.78 is 0. The van der Waals surface area contributed by atoms with Crippen molar-refractivity contribution in [2.75, 3.05) is 0 Å². The van der Waals surface area contributed by atoms with Crippen LogP contribution in [0.15, 0.2) is 24.3 Å². The molecular weight excluding hydrogens is 268 g/mol. The van der Waals surface area contributed by atoms with E-state index in [1.807, 2.05) is 0 Å². The van der Waals surface area contributed by atoms with Gasteiger partial charge in [-0.1, -0.05) is 58.4 Å². The summed E-state index contributed by atoms with van der Waals surface area (Å²) in [5, 5.41) is 10.1. The van der Waals surface area contributed by atoms with E-state index in [0.29, 0.717) is 23.7 Å². The Hall–Kier alpha value is -0.820. The molecule has 0 aliphatic heterocycles. The first-order valence-electron chi connectivity index (χ1n) is 9.35. The summed E-state index contributed by atoms with van der Waals surface area (Å²) >= 11 is 0. The summed E-state index contributed by atoms with van der Waals surface area (Å²) in [4.78, 5) is 0. The van der Waals surface area contributed by atoms with Crippen LogP contribution in [0.4, 0.5) is 0 Å². The van der Waals surface area contributed by atoms with Crippen LogP contribution in [0.3, 0.4) is 0 Å². The van der Waals surface area contributed by atoms with Gasteiger partial charge in [0.05, 0.1) is 6.10 Å². The van der Waals surface area contributed by atoms with Crippen molar-refractivity contribution in [2.24, 2.45) is 11.8 Å². The number of aliphatic hydroxyl groups is 1. The number of aliphatic hydroxyl groups excluding tert-OH is 1. The summed E-state index contributed by atoms with van der Waals surface area (Å²) in [6, 6.07) is 9.09. The molecule has 0 amide bonds. The second-order valence-corrected chi connectivity index (χ2v) is 7.42. The van der Waals surface area contributed by atoms with E-state index in [1.54, 1.807) is 11.1 Å². The van der Waals surface area contributed by atoms with Crippen LogP contribution in [0, 0.1) is 11.8 Å². The normalized spacial score (nSPS) is 27.8. The molecule has 0 radical (unpaired) electrons. The minimum absolute atomic E-state index is 0.0721. The zero-order valence-electron chi connectivity index (χ0n) is 14.9. The molecule has 1 nitrogen and oxygen atoms in total. The fourth-order valence-electron chi connectivity index (χ4n) is 4.22. The summed E-state index contributed by atoms with van der Waals surface area (Å²) in [6.07, 6.45) is 7.09. The highest BCUT2D eigenvalue weighted by atomic mass is 16.3. The van der Waals surface area contributed by atoms with Crippen LogP contribution >= 0.6 is 0 Å². The fraction of sp³-hybridized carbons (Fsp3) is 0.714. The van der Waals surface area contributed by atoms with E-state index in [2.05, 4.69) is 52.0 Å². The number of rotatable bonds is 7. The van der Waals surface area contributed by atoms with Crippen molar-refractivity contribution in [3.05, 3.63) is 35.4 Å². The maximum absolute atomic E-state index is 10.1. The Kier molecular flexibility index (Phi) is 6.50. The van der Waals surface area contributed by atoms with Crippen LogP contribution in [0.1, 0.15) is 89.2 Å². The zero-order valence-corrected chi connectivity index (χ0v) is 14.9. The van der Waals surface area contributed by atoms with E-state index in [4.69, 9.17) is 0 Å². The second kappa shape index (κ2) is 8.15. The molecule has 1 aromatic carbocycles. The maximum atomic E-state index is 10.1. The number of hydrogen-bond donors (Lipinski definition) is 1. The van der Waals surface area contributed by atoms with Gasteiger partial charge < -0.3 is 5.11 Å². The van der Waals surface area contributed by atoms with Crippen LogP contribution in [0.25, 0.3) is 0 Å². The van der Waals surface area contributed by atoms with Crippen molar-refractivity contribution in [2.45, 2.75) is 84.2 Å². The Balaban J connectivity index is 2.21. The lowest BCUT2D eigenvalue weighted by atomic mass is 9.78. The topological polar surface area (TPSA) is 20.2 Å². The van der Waals surface area contributed by atoms with Crippen LogP contribution in [0.5, 0.6) is 0 Å². The average Bonchev–Trinajstić information content (AvgIpc) is 2.85. The molecule has 2 rings (SSSR count). The molecule has 124 valence electrons. The van der Waals surface area contributed by atoms with Crippen molar-refractivity contribution in [3.8, 4) is 0 Å². The lowest BCUT2D eigenvalue weighted by molar-refractivity contribution is 0.124. The van der Waals surface area contributed by atoms with Gasteiger partial charge in [-0.15, -0.1) is 0 Å². The molecule has 1 aliphatic carbocycles. The molecule has 2 unspecified atom stereocenters. The van der Waals surface area contributed by atoms with Crippen molar-refractivity contribution in [3.63, 3.8) is 0 Å². The summed E-state index contributed by atoms with van der Waals surface area (Å²) in [6.45, 7) is 9.17. The Morgan fingerprint density at radius 2 is 1.82 bits per heavy atom. The highest BCUT2D eigenvalue weighted by molar-refractivity contribution is 5.33. The first kappa shape index (κ1) is 17.5. The van der Waals surface area contributed by atoms with Gasteiger partial charge in [0.1, 0.15) is 0 Å². The molecule has 0 spiro atoms. The second-order valence-electron chi connectivity index (χ2n) is 7.42. The standard InChI is InChI=1S/C21H34O/c1-5-9-18(14-17-12-13-21(22)16(17)4)20-11-8-7-10-19(20)15(3)6-2/h7-8,10-11,15-18,21-22H,5-6,9,12-14H2,1-4H3/t15-,16-,17?,18?,21+/m1/s1.